The standard InChI is InChI=1S/C15H21FN2O3/c1-15(2,3)12(13(19)20)18-14(21)17-9-8-10-6-4-5-7-11(10)16/h4-7,12H,8-9H2,1-3H3,(H,19,20)(H2,17,18,21)/t12-/m0/s1. The van der Waals surface area contributed by atoms with Crippen LogP contribution in [0.5, 0.6) is 0 Å². The van der Waals surface area contributed by atoms with Crippen molar-refractivity contribution >= 4 is 12.0 Å². The SMILES string of the molecule is CC(C)(C)[C@@H](NC(=O)NCCc1ccccc1F)C(=O)O. The molecule has 0 aliphatic carbocycles. The van der Waals surface area contributed by atoms with Crippen molar-refractivity contribution in [2.24, 2.45) is 5.41 Å². The molecule has 1 rings (SSSR count). The number of carboxylic acids is 1. The molecule has 0 aliphatic heterocycles. The molecule has 1 aromatic rings. The molecular weight excluding hydrogens is 275 g/mol. The molecule has 0 heterocycles. The van der Waals surface area contributed by atoms with Crippen molar-refractivity contribution in [2.75, 3.05) is 6.54 Å². The first kappa shape index (κ1) is 16.9. The molecule has 1 atom stereocenters. The smallest absolute Gasteiger partial charge is 0.326 e. The summed E-state index contributed by atoms with van der Waals surface area (Å²) < 4.78 is 13.4. The van der Waals surface area contributed by atoms with Crippen LogP contribution in [0.15, 0.2) is 24.3 Å². The lowest BCUT2D eigenvalue weighted by atomic mass is 9.87. The Kier molecular flexibility index (Phi) is 5.69. The average molecular weight is 296 g/mol. The number of hydrogen-bond donors (Lipinski definition) is 3. The van der Waals surface area contributed by atoms with Gasteiger partial charge in [-0.05, 0) is 23.5 Å². The van der Waals surface area contributed by atoms with E-state index in [9.17, 15) is 14.0 Å². The molecule has 116 valence electrons. The van der Waals surface area contributed by atoms with Crippen LogP contribution in [0.1, 0.15) is 26.3 Å². The van der Waals surface area contributed by atoms with Gasteiger partial charge in [0.25, 0.3) is 0 Å². The van der Waals surface area contributed by atoms with E-state index in [4.69, 9.17) is 5.11 Å². The van der Waals surface area contributed by atoms with Crippen molar-refractivity contribution in [3.05, 3.63) is 35.6 Å². The topological polar surface area (TPSA) is 78.4 Å². The van der Waals surface area contributed by atoms with Crippen LogP contribution in [-0.4, -0.2) is 29.7 Å². The van der Waals surface area contributed by atoms with E-state index in [1.807, 2.05) is 0 Å². The molecule has 1 aromatic carbocycles. The number of hydrogen-bond acceptors (Lipinski definition) is 2. The van der Waals surface area contributed by atoms with Gasteiger partial charge < -0.3 is 15.7 Å². The lowest BCUT2D eigenvalue weighted by Gasteiger charge is -2.27. The third-order valence-electron chi connectivity index (χ3n) is 3.03. The molecule has 5 nitrogen and oxygen atoms in total. The summed E-state index contributed by atoms with van der Waals surface area (Å²) in [6, 6.07) is 4.75. The maximum atomic E-state index is 13.4. The Morgan fingerprint density at radius 3 is 2.43 bits per heavy atom. The number of nitrogens with one attached hydrogen (secondary N) is 2. The van der Waals surface area contributed by atoms with E-state index in [-0.39, 0.29) is 12.4 Å². The summed E-state index contributed by atoms with van der Waals surface area (Å²) in [7, 11) is 0. The molecule has 0 aromatic heterocycles. The van der Waals surface area contributed by atoms with Crippen molar-refractivity contribution < 1.29 is 19.1 Å². The largest absolute Gasteiger partial charge is 0.480 e. The number of halogens is 1. The molecule has 0 spiro atoms. The van der Waals surface area contributed by atoms with Crippen molar-refractivity contribution in [3.8, 4) is 0 Å². The van der Waals surface area contributed by atoms with Gasteiger partial charge in [-0.1, -0.05) is 39.0 Å². The van der Waals surface area contributed by atoms with Crippen LogP contribution in [0.4, 0.5) is 9.18 Å². The minimum absolute atomic E-state index is 0.225. The molecule has 0 saturated heterocycles. The predicted molar refractivity (Wildman–Crippen MR) is 77.5 cm³/mol. The minimum Gasteiger partial charge on any atom is -0.480 e. The summed E-state index contributed by atoms with van der Waals surface area (Å²) in [5.41, 5.74) is -0.0993. The van der Waals surface area contributed by atoms with Crippen molar-refractivity contribution in [3.63, 3.8) is 0 Å². The molecule has 3 N–H and O–H groups in total. The van der Waals surface area contributed by atoms with Gasteiger partial charge in [-0.15, -0.1) is 0 Å². The first-order valence-electron chi connectivity index (χ1n) is 6.72. The maximum Gasteiger partial charge on any atom is 0.326 e. The fourth-order valence-electron chi connectivity index (χ4n) is 1.84. The number of urea groups is 1. The second-order valence-corrected chi connectivity index (χ2v) is 5.88. The van der Waals surface area contributed by atoms with Crippen LogP contribution in [0.25, 0.3) is 0 Å². The highest BCUT2D eigenvalue weighted by molar-refractivity contribution is 5.83. The minimum atomic E-state index is -1.09. The van der Waals surface area contributed by atoms with Gasteiger partial charge in [0.05, 0.1) is 0 Å². The fourth-order valence-corrected chi connectivity index (χ4v) is 1.84. The van der Waals surface area contributed by atoms with Crippen molar-refractivity contribution in [1.82, 2.24) is 10.6 Å². The zero-order valence-electron chi connectivity index (χ0n) is 12.4. The Morgan fingerprint density at radius 1 is 1.29 bits per heavy atom. The van der Waals surface area contributed by atoms with Crippen LogP contribution in [0.3, 0.4) is 0 Å². The molecule has 0 unspecified atom stereocenters. The van der Waals surface area contributed by atoms with Crippen LogP contribution in [0.2, 0.25) is 0 Å². The van der Waals surface area contributed by atoms with Gasteiger partial charge in [0, 0.05) is 6.54 Å². The maximum absolute atomic E-state index is 13.4. The van der Waals surface area contributed by atoms with Crippen LogP contribution >= 0.6 is 0 Å². The summed E-state index contributed by atoms with van der Waals surface area (Å²) in [6.45, 7) is 5.41. The number of carbonyl (C=O) groups excluding carboxylic acids is 1. The zero-order chi connectivity index (χ0) is 16.0. The predicted octanol–water partition coefficient (Wildman–Crippen LogP) is 2.17. The second-order valence-electron chi connectivity index (χ2n) is 5.88. The number of benzene rings is 1. The van der Waals surface area contributed by atoms with E-state index in [2.05, 4.69) is 10.6 Å². The molecular formula is C15H21FN2O3. The fraction of sp³-hybridized carbons (Fsp3) is 0.467. The van der Waals surface area contributed by atoms with Gasteiger partial charge in [0.1, 0.15) is 11.9 Å². The molecule has 6 heteroatoms. The van der Waals surface area contributed by atoms with Crippen LogP contribution in [-0.2, 0) is 11.2 Å². The highest BCUT2D eigenvalue weighted by Gasteiger charge is 2.32. The quantitative estimate of drug-likeness (QED) is 0.779. The average Bonchev–Trinajstić information content (AvgIpc) is 2.36. The van der Waals surface area contributed by atoms with E-state index in [1.54, 1.807) is 39.0 Å². The number of amides is 2. The van der Waals surface area contributed by atoms with Gasteiger partial charge in [-0.2, -0.15) is 0 Å². The van der Waals surface area contributed by atoms with Gasteiger partial charge in [-0.25, -0.2) is 14.0 Å². The van der Waals surface area contributed by atoms with Crippen molar-refractivity contribution in [1.29, 1.82) is 0 Å². The van der Waals surface area contributed by atoms with E-state index < -0.39 is 23.5 Å². The van der Waals surface area contributed by atoms with Crippen LogP contribution < -0.4 is 10.6 Å². The van der Waals surface area contributed by atoms with Crippen molar-refractivity contribution in [2.45, 2.75) is 33.2 Å². The summed E-state index contributed by atoms with van der Waals surface area (Å²) in [6.07, 6.45) is 0.341. The zero-order valence-corrected chi connectivity index (χ0v) is 12.4. The molecule has 2 amide bonds. The molecule has 0 radical (unpaired) electrons. The van der Waals surface area contributed by atoms with Gasteiger partial charge in [0.15, 0.2) is 0 Å². The highest BCUT2D eigenvalue weighted by Crippen LogP contribution is 2.19. The van der Waals surface area contributed by atoms with E-state index >= 15 is 0 Å². The molecule has 21 heavy (non-hydrogen) atoms. The first-order chi connectivity index (χ1) is 9.71. The summed E-state index contributed by atoms with van der Waals surface area (Å²) in [5, 5.41) is 14.1. The van der Waals surface area contributed by atoms with E-state index in [0.29, 0.717) is 12.0 Å². The van der Waals surface area contributed by atoms with Crippen LogP contribution in [0, 0.1) is 11.2 Å². The Morgan fingerprint density at radius 2 is 1.90 bits per heavy atom. The normalized spacial score (nSPS) is 12.6. The highest BCUT2D eigenvalue weighted by atomic mass is 19.1. The Balaban J connectivity index is 2.47. The summed E-state index contributed by atoms with van der Waals surface area (Å²) in [5.74, 6) is -1.41. The third-order valence-corrected chi connectivity index (χ3v) is 3.03. The number of aliphatic carboxylic acids is 1. The lowest BCUT2D eigenvalue weighted by Crippen LogP contribution is -2.52. The van der Waals surface area contributed by atoms with Gasteiger partial charge >= 0.3 is 12.0 Å². The number of rotatable bonds is 5. The van der Waals surface area contributed by atoms with Gasteiger partial charge in [0.2, 0.25) is 0 Å². The van der Waals surface area contributed by atoms with E-state index in [0.717, 1.165) is 0 Å². The number of carbonyl (C=O) groups is 2. The Hall–Kier alpha value is -2.11. The third kappa shape index (κ3) is 5.41. The monoisotopic (exact) mass is 296 g/mol. The first-order valence-corrected chi connectivity index (χ1v) is 6.72. The molecule has 0 saturated carbocycles. The Bertz CT molecular complexity index is 512. The summed E-state index contributed by atoms with van der Waals surface area (Å²) in [4.78, 5) is 22.8. The molecule has 0 bridgehead atoms. The van der Waals surface area contributed by atoms with E-state index in [1.165, 1.54) is 6.07 Å². The number of carboxylic acid groups (broad SMARTS) is 1. The summed E-state index contributed by atoms with van der Waals surface area (Å²) >= 11 is 0. The molecule has 0 fully saturated rings. The lowest BCUT2D eigenvalue weighted by molar-refractivity contribution is -0.141. The Labute approximate surface area is 123 Å². The molecule has 0 aliphatic rings. The second kappa shape index (κ2) is 7.06. The van der Waals surface area contributed by atoms with Gasteiger partial charge in [-0.3, -0.25) is 0 Å².